The molecular formula is C26H22BrN3O3. The lowest BCUT2D eigenvalue weighted by molar-refractivity contribution is 0.296. The van der Waals surface area contributed by atoms with Gasteiger partial charge in [-0.1, -0.05) is 55.1 Å². The van der Waals surface area contributed by atoms with Crippen LogP contribution in [0.2, 0.25) is 0 Å². The van der Waals surface area contributed by atoms with Crippen molar-refractivity contribution in [1.82, 2.24) is 9.66 Å². The summed E-state index contributed by atoms with van der Waals surface area (Å²) in [7, 11) is 0. The molecular weight excluding hydrogens is 482 g/mol. The summed E-state index contributed by atoms with van der Waals surface area (Å²) in [5.74, 6) is 1.63. The third-order valence-electron chi connectivity index (χ3n) is 4.82. The lowest BCUT2D eigenvalue weighted by Crippen LogP contribution is -2.20. The van der Waals surface area contributed by atoms with E-state index in [0.717, 1.165) is 15.6 Å². The molecule has 4 rings (SSSR count). The van der Waals surface area contributed by atoms with E-state index < -0.39 is 0 Å². The molecule has 1 aromatic heterocycles. The number of halogens is 1. The molecule has 0 unspecified atom stereocenters. The molecule has 0 radical (unpaired) electrons. The fraction of sp³-hybridized carbons (Fsp3) is 0.115. The quantitative estimate of drug-likeness (QED) is 0.229. The Labute approximate surface area is 199 Å². The molecule has 3 aromatic carbocycles. The first-order valence-electron chi connectivity index (χ1n) is 10.4. The summed E-state index contributed by atoms with van der Waals surface area (Å²) >= 11 is 3.56. The van der Waals surface area contributed by atoms with Crippen molar-refractivity contribution in [2.24, 2.45) is 5.10 Å². The summed E-state index contributed by atoms with van der Waals surface area (Å²) in [6.07, 6.45) is 3.28. The highest BCUT2D eigenvalue weighted by Crippen LogP contribution is 2.33. The zero-order valence-electron chi connectivity index (χ0n) is 18.1. The monoisotopic (exact) mass is 503 g/mol. The fourth-order valence-corrected chi connectivity index (χ4v) is 3.73. The van der Waals surface area contributed by atoms with Gasteiger partial charge in [-0.05, 0) is 47.1 Å². The molecule has 4 aromatic rings. The summed E-state index contributed by atoms with van der Waals surface area (Å²) in [5, 5.41) is 5.03. The van der Waals surface area contributed by atoms with Crippen LogP contribution in [-0.4, -0.2) is 29.1 Å². The number of rotatable bonds is 8. The van der Waals surface area contributed by atoms with Gasteiger partial charge in [-0.25, -0.2) is 4.98 Å². The highest BCUT2D eigenvalue weighted by atomic mass is 79.9. The van der Waals surface area contributed by atoms with Gasteiger partial charge in [0.1, 0.15) is 6.61 Å². The minimum Gasteiger partial charge on any atom is -0.490 e. The Balaban J connectivity index is 1.84. The van der Waals surface area contributed by atoms with Crippen LogP contribution in [0.3, 0.4) is 0 Å². The molecule has 33 heavy (non-hydrogen) atoms. The van der Waals surface area contributed by atoms with Gasteiger partial charge in [0, 0.05) is 15.6 Å². The van der Waals surface area contributed by atoms with Crippen LogP contribution in [0.1, 0.15) is 12.5 Å². The standard InChI is InChI=1S/C26H22BrN3O3/c1-3-14-33-24-16-21(27)19(15-23(24)32-4-2)17-28-30-25(18-10-6-5-7-11-18)29-22-13-9-8-12-20(22)26(30)31/h3,5-13,15-17H,1,4,14H2,2H3. The van der Waals surface area contributed by atoms with Crippen molar-refractivity contribution in [3.8, 4) is 22.9 Å². The molecule has 0 fully saturated rings. The third kappa shape index (κ3) is 4.88. The van der Waals surface area contributed by atoms with Crippen LogP contribution in [-0.2, 0) is 0 Å². The number of benzene rings is 3. The zero-order valence-corrected chi connectivity index (χ0v) is 19.7. The second kappa shape index (κ2) is 10.3. The van der Waals surface area contributed by atoms with E-state index in [9.17, 15) is 4.79 Å². The summed E-state index contributed by atoms with van der Waals surface area (Å²) < 4.78 is 13.5. The molecule has 0 spiro atoms. The molecule has 7 heteroatoms. The topological polar surface area (TPSA) is 65.7 Å². The van der Waals surface area contributed by atoms with Gasteiger partial charge >= 0.3 is 0 Å². The Bertz CT molecular complexity index is 1380. The normalized spacial score (nSPS) is 11.1. The Morgan fingerprint density at radius 1 is 1.06 bits per heavy atom. The third-order valence-corrected chi connectivity index (χ3v) is 5.50. The van der Waals surface area contributed by atoms with E-state index in [1.165, 1.54) is 4.68 Å². The Morgan fingerprint density at radius 2 is 1.79 bits per heavy atom. The Morgan fingerprint density at radius 3 is 2.55 bits per heavy atom. The van der Waals surface area contributed by atoms with Gasteiger partial charge in [-0.3, -0.25) is 4.79 Å². The molecule has 0 saturated carbocycles. The maximum Gasteiger partial charge on any atom is 0.282 e. The first-order valence-corrected chi connectivity index (χ1v) is 11.2. The number of hydrogen-bond donors (Lipinski definition) is 0. The van der Waals surface area contributed by atoms with Crippen LogP contribution in [0.5, 0.6) is 11.5 Å². The van der Waals surface area contributed by atoms with Crippen LogP contribution in [0.15, 0.2) is 93.8 Å². The Kier molecular flexibility index (Phi) is 7.00. The average Bonchev–Trinajstić information content (AvgIpc) is 2.84. The van der Waals surface area contributed by atoms with E-state index >= 15 is 0 Å². The SMILES string of the molecule is C=CCOc1cc(Br)c(C=Nn2c(-c3ccccc3)nc3ccccc3c2=O)cc1OCC. The van der Waals surface area contributed by atoms with Crippen molar-refractivity contribution >= 4 is 33.0 Å². The van der Waals surface area contributed by atoms with Gasteiger partial charge in [-0.2, -0.15) is 9.78 Å². The van der Waals surface area contributed by atoms with E-state index in [4.69, 9.17) is 14.5 Å². The van der Waals surface area contributed by atoms with Crippen molar-refractivity contribution in [3.05, 3.63) is 99.8 Å². The fourth-order valence-electron chi connectivity index (χ4n) is 3.30. The molecule has 0 amide bonds. The van der Waals surface area contributed by atoms with Crippen LogP contribution < -0.4 is 15.0 Å². The summed E-state index contributed by atoms with van der Waals surface area (Å²) in [6.45, 7) is 6.42. The summed E-state index contributed by atoms with van der Waals surface area (Å²) in [4.78, 5) is 18.0. The summed E-state index contributed by atoms with van der Waals surface area (Å²) in [6, 6.07) is 20.4. The van der Waals surface area contributed by atoms with Gasteiger partial charge < -0.3 is 9.47 Å². The van der Waals surface area contributed by atoms with Crippen LogP contribution in [0, 0.1) is 0 Å². The summed E-state index contributed by atoms with van der Waals surface area (Å²) in [5.41, 5.74) is 1.89. The second-order valence-electron chi connectivity index (χ2n) is 7.03. The first kappa shape index (κ1) is 22.5. The molecule has 1 heterocycles. The van der Waals surface area contributed by atoms with Crippen molar-refractivity contribution in [2.45, 2.75) is 6.92 Å². The minimum atomic E-state index is -0.247. The number of ether oxygens (including phenoxy) is 2. The Hall–Kier alpha value is -3.71. The van der Waals surface area contributed by atoms with E-state index in [1.54, 1.807) is 18.4 Å². The number of hydrogen-bond acceptors (Lipinski definition) is 5. The predicted molar refractivity (Wildman–Crippen MR) is 135 cm³/mol. The van der Waals surface area contributed by atoms with Crippen LogP contribution >= 0.6 is 15.9 Å². The molecule has 0 aliphatic rings. The maximum atomic E-state index is 13.3. The van der Waals surface area contributed by atoms with Crippen molar-refractivity contribution < 1.29 is 9.47 Å². The van der Waals surface area contributed by atoms with Crippen LogP contribution in [0.25, 0.3) is 22.3 Å². The van der Waals surface area contributed by atoms with Gasteiger partial charge in [-0.15, -0.1) is 0 Å². The number of aromatic nitrogens is 2. The molecule has 0 bridgehead atoms. The average molecular weight is 504 g/mol. The van der Waals surface area contributed by atoms with E-state index in [0.29, 0.717) is 41.4 Å². The van der Waals surface area contributed by atoms with Crippen LogP contribution in [0.4, 0.5) is 0 Å². The van der Waals surface area contributed by atoms with Crippen molar-refractivity contribution in [2.75, 3.05) is 13.2 Å². The smallest absolute Gasteiger partial charge is 0.282 e. The maximum absolute atomic E-state index is 13.3. The lowest BCUT2D eigenvalue weighted by atomic mass is 10.2. The highest BCUT2D eigenvalue weighted by molar-refractivity contribution is 9.10. The molecule has 6 nitrogen and oxygen atoms in total. The van der Waals surface area contributed by atoms with E-state index in [-0.39, 0.29) is 5.56 Å². The first-order chi connectivity index (χ1) is 16.1. The van der Waals surface area contributed by atoms with Crippen molar-refractivity contribution in [3.63, 3.8) is 0 Å². The number of fused-ring (bicyclic) bond motifs is 1. The zero-order chi connectivity index (χ0) is 23.2. The molecule has 0 aliphatic carbocycles. The van der Waals surface area contributed by atoms with Gasteiger partial charge in [0.25, 0.3) is 5.56 Å². The minimum absolute atomic E-state index is 0.247. The van der Waals surface area contributed by atoms with Crippen molar-refractivity contribution in [1.29, 1.82) is 0 Å². The molecule has 0 atom stereocenters. The number of nitrogens with zero attached hydrogens (tertiary/aromatic N) is 3. The molecule has 166 valence electrons. The van der Waals surface area contributed by atoms with Gasteiger partial charge in [0.15, 0.2) is 17.3 Å². The molecule has 0 saturated heterocycles. The second-order valence-corrected chi connectivity index (χ2v) is 7.89. The van der Waals surface area contributed by atoms with Gasteiger partial charge in [0.05, 0.1) is 23.7 Å². The number of para-hydroxylation sites is 1. The highest BCUT2D eigenvalue weighted by Gasteiger charge is 2.13. The van der Waals surface area contributed by atoms with Gasteiger partial charge in [0.2, 0.25) is 0 Å². The van der Waals surface area contributed by atoms with E-state index in [2.05, 4.69) is 27.6 Å². The van der Waals surface area contributed by atoms with E-state index in [1.807, 2.05) is 67.6 Å². The predicted octanol–water partition coefficient (Wildman–Crippen LogP) is 5.67. The molecule has 0 N–H and O–H groups in total. The molecule has 0 aliphatic heterocycles. The lowest BCUT2D eigenvalue weighted by Gasteiger charge is -2.13. The largest absolute Gasteiger partial charge is 0.490 e.